The van der Waals surface area contributed by atoms with Crippen molar-refractivity contribution in [2.24, 2.45) is 23.7 Å². The minimum atomic E-state index is -1.95. The van der Waals surface area contributed by atoms with Gasteiger partial charge in [-0.15, -0.1) is 0 Å². The largest absolute Gasteiger partial charge is 0.466 e. The molecule has 2 aliphatic carbocycles. The van der Waals surface area contributed by atoms with Gasteiger partial charge in [0, 0.05) is 18.6 Å². The summed E-state index contributed by atoms with van der Waals surface area (Å²) in [5, 5.41) is 9.88. The Morgan fingerprint density at radius 2 is 1.96 bits per heavy atom. The number of allylic oxidation sites excluding steroid dienone is 2. The van der Waals surface area contributed by atoms with Gasteiger partial charge in [-0.1, -0.05) is 32.9 Å². The van der Waals surface area contributed by atoms with E-state index in [2.05, 4.69) is 46.0 Å². The van der Waals surface area contributed by atoms with Crippen LogP contribution in [-0.4, -0.2) is 38.7 Å². The van der Waals surface area contributed by atoms with Gasteiger partial charge in [-0.25, -0.2) is 0 Å². The fraction of sp³-hybridized carbons (Fsp3) is 0.850. The number of aliphatic hydroxyl groups is 1. The number of ether oxygens (including phenoxy) is 1. The molecule has 5 atom stereocenters. The predicted molar refractivity (Wildman–Crippen MR) is 103 cm³/mol. The molecule has 2 aliphatic rings. The Hall–Kier alpha value is -0.653. The van der Waals surface area contributed by atoms with Crippen LogP contribution in [0, 0.1) is 23.7 Å². The van der Waals surface area contributed by atoms with Gasteiger partial charge in [0.2, 0.25) is 0 Å². The van der Waals surface area contributed by atoms with E-state index in [0.717, 1.165) is 19.3 Å². The topological polar surface area (TPSA) is 55.8 Å². The lowest BCUT2D eigenvalue weighted by atomic mass is 9.64. The maximum Gasteiger partial charge on any atom is 0.309 e. The van der Waals surface area contributed by atoms with Crippen LogP contribution in [-0.2, 0) is 14.0 Å². The predicted octanol–water partition coefficient (Wildman–Crippen LogP) is 4.15. The van der Waals surface area contributed by atoms with Crippen LogP contribution in [0.2, 0.25) is 18.1 Å². The van der Waals surface area contributed by atoms with Gasteiger partial charge in [0.05, 0.1) is 12.5 Å². The van der Waals surface area contributed by atoms with E-state index in [9.17, 15) is 9.90 Å². The molecule has 3 unspecified atom stereocenters. The molecule has 0 spiro atoms. The van der Waals surface area contributed by atoms with Crippen LogP contribution in [0.1, 0.15) is 47.0 Å². The van der Waals surface area contributed by atoms with Crippen molar-refractivity contribution in [2.45, 2.75) is 71.2 Å². The Balaban J connectivity index is 2.29. The second-order valence-corrected chi connectivity index (χ2v) is 14.0. The third kappa shape index (κ3) is 4.55. The van der Waals surface area contributed by atoms with Crippen LogP contribution in [0.15, 0.2) is 12.2 Å². The van der Waals surface area contributed by atoms with Gasteiger partial charge in [-0.3, -0.25) is 4.79 Å². The molecule has 2 rings (SSSR count). The molecule has 0 aromatic carbocycles. The van der Waals surface area contributed by atoms with E-state index in [0.29, 0.717) is 12.5 Å². The highest BCUT2D eigenvalue weighted by Gasteiger charge is 2.49. The van der Waals surface area contributed by atoms with Crippen molar-refractivity contribution >= 4 is 14.3 Å². The number of esters is 1. The number of aliphatic hydroxyl groups excluding tert-OH is 1. The lowest BCUT2D eigenvalue weighted by Gasteiger charge is -2.49. The van der Waals surface area contributed by atoms with Gasteiger partial charge < -0.3 is 14.3 Å². The number of hydrogen-bond acceptors (Lipinski definition) is 4. The maximum absolute atomic E-state index is 12.6. The summed E-state index contributed by atoms with van der Waals surface area (Å²) < 4.78 is 12.2. The molecule has 1 saturated carbocycles. The smallest absolute Gasteiger partial charge is 0.309 e. The zero-order valence-corrected chi connectivity index (χ0v) is 17.7. The fourth-order valence-electron chi connectivity index (χ4n) is 4.05. The van der Waals surface area contributed by atoms with Gasteiger partial charge in [-0.2, -0.15) is 0 Å². The van der Waals surface area contributed by atoms with Crippen LogP contribution in [0.3, 0.4) is 0 Å². The van der Waals surface area contributed by atoms with E-state index in [4.69, 9.17) is 9.16 Å². The summed E-state index contributed by atoms with van der Waals surface area (Å²) in [6, 6.07) is 0. The third-order valence-electron chi connectivity index (χ3n) is 6.43. The highest BCUT2D eigenvalue weighted by Crippen LogP contribution is 2.47. The Morgan fingerprint density at radius 1 is 1.28 bits per heavy atom. The molecule has 144 valence electrons. The zero-order chi connectivity index (χ0) is 18.8. The summed E-state index contributed by atoms with van der Waals surface area (Å²) in [4.78, 5) is 12.6. The molecule has 5 heteroatoms. The lowest BCUT2D eigenvalue weighted by molar-refractivity contribution is -0.154. The minimum Gasteiger partial charge on any atom is -0.466 e. The van der Waals surface area contributed by atoms with E-state index in [1.54, 1.807) is 0 Å². The van der Waals surface area contributed by atoms with Crippen molar-refractivity contribution in [1.82, 2.24) is 0 Å². The molecule has 0 aliphatic heterocycles. The van der Waals surface area contributed by atoms with E-state index in [-0.39, 0.29) is 41.5 Å². The standard InChI is InChI=1S/C20H36O4Si/c1-7-23-19(22)16-10-8-9-15-11-14(13-21)12-17(18(15)16)24-25(5,6)20(2,3)4/h8-9,14-18,21H,7,10-13H2,1-6H3/t14-,15?,16?,17-,18?/m0/s1. The van der Waals surface area contributed by atoms with Crippen molar-refractivity contribution in [3.05, 3.63) is 12.2 Å². The molecule has 0 saturated heterocycles. The van der Waals surface area contributed by atoms with Crippen molar-refractivity contribution in [2.75, 3.05) is 13.2 Å². The quantitative estimate of drug-likeness (QED) is 0.450. The minimum absolute atomic E-state index is 0.0242. The Bertz CT molecular complexity index is 494. The normalized spacial score (nSPS) is 33.0. The average molecular weight is 369 g/mol. The summed E-state index contributed by atoms with van der Waals surface area (Å²) in [6.07, 6.45) is 6.90. The summed E-state index contributed by atoms with van der Waals surface area (Å²) in [5.74, 6) is 0.504. The molecular formula is C20H36O4Si. The number of rotatable bonds is 5. The summed E-state index contributed by atoms with van der Waals surface area (Å²) in [6.45, 7) is 13.7. The Morgan fingerprint density at radius 3 is 2.52 bits per heavy atom. The fourth-order valence-corrected chi connectivity index (χ4v) is 5.42. The molecule has 0 aromatic rings. The highest BCUT2D eigenvalue weighted by atomic mass is 28.4. The molecule has 1 N–H and O–H groups in total. The third-order valence-corrected chi connectivity index (χ3v) is 10.9. The average Bonchev–Trinajstić information content (AvgIpc) is 2.52. The SMILES string of the molecule is CCOC(=O)C1CC=CC2C[C@H](CO)C[C@H](O[Si](C)(C)C(C)(C)C)C21. The van der Waals surface area contributed by atoms with Crippen molar-refractivity contribution in [3.8, 4) is 0 Å². The first-order valence-electron chi connectivity index (χ1n) is 9.72. The van der Waals surface area contributed by atoms with Crippen molar-refractivity contribution < 1.29 is 19.1 Å². The second-order valence-electron chi connectivity index (χ2n) is 9.20. The summed E-state index contributed by atoms with van der Waals surface area (Å²) in [7, 11) is -1.95. The lowest BCUT2D eigenvalue weighted by Crippen LogP contribution is -2.52. The van der Waals surface area contributed by atoms with E-state index in [1.807, 2.05) is 6.92 Å². The van der Waals surface area contributed by atoms with Gasteiger partial charge >= 0.3 is 5.97 Å². The van der Waals surface area contributed by atoms with Crippen molar-refractivity contribution in [3.63, 3.8) is 0 Å². The van der Waals surface area contributed by atoms with Crippen LogP contribution in [0.25, 0.3) is 0 Å². The van der Waals surface area contributed by atoms with E-state index >= 15 is 0 Å². The van der Waals surface area contributed by atoms with Crippen LogP contribution in [0.4, 0.5) is 0 Å². The van der Waals surface area contributed by atoms with E-state index in [1.165, 1.54) is 0 Å². The van der Waals surface area contributed by atoms with Crippen LogP contribution in [0.5, 0.6) is 0 Å². The van der Waals surface area contributed by atoms with Gasteiger partial charge in [-0.05, 0) is 56.2 Å². The monoisotopic (exact) mass is 368 g/mol. The second kappa shape index (κ2) is 7.93. The first-order chi connectivity index (χ1) is 11.6. The molecule has 0 aromatic heterocycles. The molecule has 0 radical (unpaired) electrons. The number of carbonyl (C=O) groups excluding carboxylic acids is 1. The Labute approximate surface area is 154 Å². The molecule has 0 heterocycles. The van der Waals surface area contributed by atoms with Gasteiger partial charge in [0.1, 0.15) is 0 Å². The summed E-state index contributed by atoms with van der Waals surface area (Å²) >= 11 is 0. The number of carbonyl (C=O) groups is 1. The van der Waals surface area contributed by atoms with Crippen LogP contribution < -0.4 is 0 Å². The van der Waals surface area contributed by atoms with Gasteiger partial charge in [0.25, 0.3) is 0 Å². The molecular weight excluding hydrogens is 332 g/mol. The molecule has 0 bridgehead atoms. The maximum atomic E-state index is 12.6. The van der Waals surface area contributed by atoms with E-state index < -0.39 is 8.32 Å². The number of hydrogen-bond donors (Lipinski definition) is 1. The molecule has 4 nitrogen and oxygen atoms in total. The summed E-state index contributed by atoms with van der Waals surface area (Å²) in [5.41, 5.74) is 0. The molecule has 1 fully saturated rings. The highest BCUT2D eigenvalue weighted by molar-refractivity contribution is 6.74. The molecule has 0 amide bonds. The van der Waals surface area contributed by atoms with Crippen LogP contribution >= 0.6 is 0 Å². The Kier molecular flexibility index (Phi) is 6.55. The zero-order valence-electron chi connectivity index (χ0n) is 16.7. The first kappa shape index (κ1) is 20.7. The molecule has 25 heavy (non-hydrogen) atoms. The van der Waals surface area contributed by atoms with Crippen molar-refractivity contribution in [1.29, 1.82) is 0 Å². The number of fused-ring (bicyclic) bond motifs is 1. The first-order valence-corrected chi connectivity index (χ1v) is 12.6. The van der Waals surface area contributed by atoms with Gasteiger partial charge in [0.15, 0.2) is 8.32 Å².